The summed E-state index contributed by atoms with van der Waals surface area (Å²) in [6.45, 7) is 10.9. The minimum Gasteiger partial charge on any atom is -0.368 e. The summed E-state index contributed by atoms with van der Waals surface area (Å²) in [6.07, 6.45) is 1.99. The lowest BCUT2D eigenvalue weighted by Crippen LogP contribution is -2.54. The molecule has 1 saturated heterocycles. The van der Waals surface area contributed by atoms with E-state index in [-0.39, 0.29) is 5.91 Å². The van der Waals surface area contributed by atoms with Crippen LogP contribution in [0.5, 0.6) is 0 Å². The smallest absolute Gasteiger partial charge is 0.237 e. The molecule has 1 heterocycles. The number of carbonyl (C=O) groups excluding carboxylic acids is 1. The van der Waals surface area contributed by atoms with Crippen molar-refractivity contribution >= 4 is 5.91 Å². The molecular weight excluding hydrogens is 214 g/mol. The van der Waals surface area contributed by atoms with Crippen molar-refractivity contribution in [2.24, 2.45) is 11.1 Å². The molecule has 1 aliphatic rings. The highest BCUT2D eigenvalue weighted by atomic mass is 16.1. The maximum Gasteiger partial charge on any atom is 0.237 e. The number of amides is 1. The molecule has 3 N–H and O–H groups in total. The Hall–Kier alpha value is -0.610. The molecule has 1 fully saturated rings. The Kier molecular flexibility index (Phi) is 4.20. The number of nitrogens with two attached hydrogens (primary N) is 1. The summed E-state index contributed by atoms with van der Waals surface area (Å²) in [4.78, 5) is 13.9. The second kappa shape index (κ2) is 4.94. The zero-order valence-corrected chi connectivity index (χ0v) is 11.8. The molecule has 4 nitrogen and oxygen atoms in total. The quantitative estimate of drug-likeness (QED) is 0.754. The third-order valence-electron chi connectivity index (χ3n) is 4.13. The highest BCUT2D eigenvalue weighted by molar-refractivity contribution is 5.84. The SMILES string of the molecule is CNC(C)(CC(C)N1CCC(C)(C)C1)C(N)=O. The number of carbonyl (C=O) groups is 1. The monoisotopic (exact) mass is 241 g/mol. The summed E-state index contributed by atoms with van der Waals surface area (Å²) in [5, 5.41) is 3.05. The Morgan fingerprint density at radius 2 is 2.18 bits per heavy atom. The number of nitrogens with one attached hydrogen (secondary N) is 1. The third kappa shape index (κ3) is 3.42. The molecule has 0 aromatic heterocycles. The third-order valence-corrected chi connectivity index (χ3v) is 4.13. The molecule has 0 aromatic carbocycles. The number of nitrogens with zero attached hydrogens (tertiary/aromatic N) is 1. The maximum atomic E-state index is 11.5. The number of rotatable bonds is 5. The van der Waals surface area contributed by atoms with E-state index in [4.69, 9.17) is 5.73 Å². The lowest BCUT2D eigenvalue weighted by molar-refractivity contribution is -0.124. The molecule has 0 aliphatic carbocycles. The number of hydrogen-bond donors (Lipinski definition) is 2. The van der Waals surface area contributed by atoms with Crippen molar-refractivity contribution in [2.75, 3.05) is 20.1 Å². The van der Waals surface area contributed by atoms with Gasteiger partial charge in [0.1, 0.15) is 0 Å². The fourth-order valence-corrected chi connectivity index (χ4v) is 2.58. The van der Waals surface area contributed by atoms with E-state index in [9.17, 15) is 4.79 Å². The summed E-state index contributed by atoms with van der Waals surface area (Å²) in [5.41, 5.74) is 5.26. The van der Waals surface area contributed by atoms with Gasteiger partial charge in [0, 0.05) is 12.6 Å². The Morgan fingerprint density at radius 1 is 1.59 bits per heavy atom. The molecule has 4 heteroatoms. The molecule has 0 saturated carbocycles. The summed E-state index contributed by atoms with van der Waals surface area (Å²) in [5.74, 6) is -0.273. The van der Waals surface area contributed by atoms with Crippen LogP contribution in [-0.4, -0.2) is 42.5 Å². The molecule has 2 unspecified atom stereocenters. The maximum absolute atomic E-state index is 11.5. The van der Waals surface area contributed by atoms with Crippen molar-refractivity contribution < 1.29 is 4.79 Å². The minimum absolute atomic E-state index is 0.273. The van der Waals surface area contributed by atoms with Crippen LogP contribution >= 0.6 is 0 Å². The van der Waals surface area contributed by atoms with Gasteiger partial charge in [0.15, 0.2) is 0 Å². The van der Waals surface area contributed by atoms with Gasteiger partial charge in [-0.3, -0.25) is 4.79 Å². The van der Waals surface area contributed by atoms with Crippen molar-refractivity contribution in [1.29, 1.82) is 0 Å². The molecule has 0 radical (unpaired) electrons. The average Bonchev–Trinajstić information content (AvgIpc) is 2.58. The summed E-state index contributed by atoms with van der Waals surface area (Å²) in [7, 11) is 1.80. The van der Waals surface area contributed by atoms with Crippen molar-refractivity contribution in [1.82, 2.24) is 10.2 Å². The van der Waals surface area contributed by atoms with E-state index < -0.39 is 5.54 Å². The zero-order chi connectivity index (χ0) is 13.3. The van der Waals surface area contributed by atoms with Crippen LogP contribution < -0.4 is 11.1 Å². The fourth-order valence-electron chi connectivity index (χ4n) is 2.58. The van der Waals surface area contributed by atoms with E-state index >= 15 is 0 Å². The van der Waals surface area contributed by atoms with Crippen molar-refractivity contribution in [3.8, 4) is 0 Å². The van der Waals surface area contributed by atoms with E-state index in [2.05, 4.69) is 31.0 Å². The van der Waals surface area contributed by atoms with Crippen molar-refractivity contribution in [2.45, 2.75) is 52.1 Å². The number of likely N-dealkylation sites (tertiary alicyclic amines) is 1. The first-order valence-electron chi connectivity index (χ1n) is 6.43. The lowest BCUT2D eigenvalue weighted by Gasteiger charge is -2.33. The average molecular weight is 241 g/mol. The second-order valence-corrected chi connectivity index (χ2v) is 6.38. The van der Waals surface area contributed by atoms with Crippen LogP contribution in [0.15, 0.2) is 0 Å². The van der Waals surface area contributed by atoms with Gasteiger partial charge in [-0.25, -0.2) is 0 Å². The van der Waals surface area contributed by atoms with Crippen LogP contribution in [0.3, 0.4) is 0 Å². The van der Waals surface area contributed by atoms with E-state index in [0.717, 1.165) is 19.5 Å². The molecule has 1 aliphatic heterocycles. The van der Waals surface area contributed by atoms with Gasteiger partial charge in [-0.15, -0.1) is 0 Å². The van der Waals surface area contributed by atoms with Gasteiger partial charge < -0.3 is 16.0 Å². The predicted molar refractivity (Wildman–Crippen MR) is 70.7 cm³/mol. The van der Waals surface area contributed by atoms with Crippen molar-refractivity contribution in [3.63, 3.8) is 0 Å². The van der Waals surface area contributed by atoms with Crippen LogP contribution in [0.25, 0.3) is 0 Å². The molecule has 1 amide bonds. The van der Waals surface area contributed by atoms with Gasteiger partial charge in [0.05, 0.1) is 5.54 Å². The van der Waals surface area contributed by atoms with E-state index in [1.54, 1.807) is 7.05 Å². The minimum atomic E-state index is -0.605. The predicted octanol–water partition coefficient (Wildman–Crippen LogP) is 0.960. The molecule has 0 spiro atoms. The van der Waals surface area contributed by atoms with Crippen LogP contribution in [0.1, 0.15) is 40.5 Å². The molecule has 100 valence electrons. The first kappa shape index (κ1) is 14.5. The fraction of sp³-hybridized carbons (Fsp3) is 0.923. The summed E-state index contributed by atoms with van der Waals surface area (Å²) < 4.78 is 0. The van der Waals surface area contributed by atoms with E-state index in [0.29, 0.717) is 11.5 Å². The standard InChI is InChI=1S/C13H27N3O/c1-10(8-13(4,15-5)11(14)17)16-7-6-12(2,3)9-16/h10,15H,6-9H2,1-5H3,(H2,14,17). The molecule has 1 rings (SSSR count). The Bertz CT molecular complexity index is 290. The van der Waals surface area contributed by atoms with Crippen molar-refractivity contribution in [3.05, 3.63) is 0 Å². The molecule has 2 atom stereocenters. The Balaban J connectivity index is 2.60. The van der Waals surface area contributed by atoms with Crippen LogP contribution in [-0.2, 0) is 4.79 Å². The molecule has 0 aromatic rings. The normalized spacial score (nSPS) is 25.5. The lowest BCUT2D eigenvalue weighted by atomic mass is 9.91. The van der Waals surface area contributed by atoms with Gasteiger partial charge >= 0.3 is 0 Å². The largest absolute Gasteiger partial charge is 0.368 e. The van der Waals surface area contributed by atoms with Gasteiger partial charge in [0.2, 0.25) is 5.91 Å². The number of hydrogen-bond acceptors (Lipinski definition) is 3. The van der Waals surface area contributed by atoms with Gasteiger partial charge in [-0.05, 0) is 45.7 Å². The van der Waals surface area contributed by atoms with Crippen LogP contribution in [0, 0.1) is 5.41 Å². The zero-order valence-electron chi connectivity index (χ0n) is 11.8. The van der Waals surface area contributed by atoms with E-state index in [1.165, 1.54) is 6.42 Å². The van der Waals surface area contributed by atoms with Gasteiger partial charge in [0.25, 0.3) is 0 Å². The number of primary amides is 1. The number of likely N-dealkylation sites (N-methyl/N-ethyl adjacent to an activating group) is 1. The first-order valence-corrected chi connectivity index (χ1v) is 6.43. The summed E-state index contributed by atoms with van der Waals surface area (Å²) >= 11 is 0. The van der Waals surface area contributed by atoms with E-state index in [1.807, 2.05) is 6.92 Å². The topological polar surface area (TPSA) is 58.4 Å². The summed E-state index contributed by atoms with van der Waals surface area (Å²) in [6, 6.07) is 0.377. The van der Waals surface area contributed by atoms with Gasteiger partial charge in [-0.2, -0.15) is 0 Å². The highest BCUT2D eigenvalue weighted by Crippen LogP contribution is 2.31. The van der Waals surface area contributed by atoms with Crippen LogP contribution in [0.4, 0.5) is 0 Å². The Morgan fingerprint density at radius 3 is 2.53 bits per heavy atom. The van der Waals surface area contributed by atoms with Crippen LogP contribution in [0.2, 0.25) is 0 Å². The molecule has 0 bridgehead atoms. The molecular formula is C13H27N3O. The van der Waals surface area contributed by atoms with Gasteiger partial charge in [-0.1, -0.05) is 13.8 Å². The second-order valence-electron chi connectivity index (χ2n) is 6.38. The Labute approximate surface area is 105 Å². The molecule has 17 heavy (non-hydrogen) atoms. The highest BCUT2D eigenvalue weighted by Gasteiger charge is 2.36. The first-order chi connectivity index (χ1) is 7.70.